The molecule has 2 atom stereocenters. The molecule has 0 spiro atoms. The Morgan fingerprint density at radius 2 is 2.24 bits per heavy atom. The first-order valence-corrected chi connectivity index (χ1v) is 7.31. The smallest absolute Gasteiger partial charge is 0.134 e. The van der Waals surface area contributed by atoms with E-state index in [4.69, 9.17) is 9.84 Å². The Hall–Kier alpha value is -1.54. The molecular weight excluding hydrogens is 266 g/mol. The van der Waals surface area contributed by atoms with E-state index in [0.29, 0.717) is 18.2 Å². The fraction of sp³-hybridized carbons (Fsp3) is 0.529. The number of aliphatic hydroxyl groups excluding tert-OH is 2. The maximum absolute atomic E-state index is 9.97. The number of β-amino-alcohol motifs (C(OH)–C–C–N with tert-alkyl or cyclic N) is 1. The lowest BCUT2D eigenvalue weighted by molar-refractivity contribution is 0.0259. The number of nitrogens with zero attached hydrogens (tertiary/aromatic N) is 1. The summed E-state index contributed by atoms with van der Waals surface area (Å²) in [6.07, 6.45) is 0.778. The highest BCUT2D eigenvalue weighted by Crippen LogP contribution is 2.22. The van der Waals surface area contributed by atoms with Crippen LogP contribution in [-0.2, 0) is 6.54 Å². The van der Waals surface area contributed by atoms with Crippen molar-refractivity contribution in [2.75, 3.05) is 26.8 Å². The Balaban J connectivity index is 2.10. The third-order valence-electron chi connectivity index (χ3n) is 3.97. The van der Waals surface area contributed by atoms with Crippen molar-refractivity contribution >= 4 is 0 Å². The maximum Gasteiger partial charge on any atom is 0.134 e. The van der Waals surface area contributed by atoms with Crippen LogP contribution in [0.2, 0.25) is 0 Å². The molecule has 1 aromatic carbocycles. The molecule has 0 aromatic heterocycles. The van der Waals surface area contributed by atoms with Gasteiger partial charge in [-0.1, -0.05) is 24.8 Å². The van der Waals surface area contributed by atoms with E-state index in [2.05, 4.69) is 23.7 Å². The van der Waals surface area contributed by atoms with Crippen LogP contribution < -0.4 is 4.74 Å². The van der Waals surface area contributed by atoms with Crippen molar-refractivity contribution in [1.29, 1.82) is 0 Å². The fourth-order valence-electron chi connectivity index (χ4n) is 2.60. The van der Waals surface area contributed by atoms with Gasteiger partial charge in [0.15, 0.2) is 0 Å². The van der Waals surface area contributed by atoms with Crippen molar-refractivity contribution in [3.63, 3.8) is 0 Å². The molecule has 0 saturated carbocycles. The minimum absolute atomic E-state index is 0.163. The van der Waals surface area contributed by atoms with Gasteiger partial charge in [0.1, 0.15) is 12.4 Å². The number of ether oxygens (including phenoxy) is 1. The Labute approximate surface area is 126 Å². The number of hydrogen-bond acceptors (Lipinski definition) is 4. The first kappa shape index (κ1) is 15.8. The molecule has 0 aliphatic carbocycles. The Morgan fingerprint density at radius 1 is 1.43 bits per heavy atom. The van der Waals surface area contributed by atoms with Crippen molar-refractivity contribution in [2.24, 2.45) is 5.92 Å². The number of rotatable bonds is 3. The fourth-order valence-corrected chi connectivity index (χ4v) is 2.60. The van der Waals surface area contributed by atoms with Crippen LogP contribution in [-0.4, -0.2) is 48.0 Å². The second-order valence-electron chi connectivity index (χ2n) is 5.56. The van der Waals surface area contributed by atoms with Crippen LogP contribution in [0.25, 0.3) is 0 Å². The zero-order chi connectivity index (χ0) is 15.2. The highest BCUT2D eigenvalue weighted by molar-refractivity contribution is 5.48. The molecule has 2 rings (SSSR count). The maximum atomic E-state index is 9.97. The van der Waals surface area contributed by atoms with Crippen LogP contribution in [0.5, 0.6) is 5.75 Å². The highest BCUT2D eigenvalue weighted by atomic mass is 16.5. The predicted octanol–water partition coefficient (Wildman–Crippen LogP) is 1.24. The Bertz CT molecular complexity index is 533. The molecule has 21 heavy (non-hydrogen) atoms. The van der Waals surface area contributed by atoms with E-state index in [9.17, 15) is 5.11 Å². The molecule has 1 aliphatic rings. The number of aliphatic hydroxyl groups is 2. The van der Waals surface area contributed by atoms with Crippen LogP contribution in [0.1, 0.15) is 24.5 Å². The molecule has 2 N–H and O–H groups in total. The monoisotopic (exact) mass is 289 g/mol. The summed E-state index contributed by atoms with van der Waals surface area (Å²) in [5.74, 6) is 6.66. The molecular formula is C17H23NO3. The lowest BCUT2D eigenvalue weighted by Crippen LogP contribution is -2.42. The number of likely N-dealkylation sites (tertiary alicyclic amines) is 1. The van der Waals surface area contributed by atoms with Crippen LogP contribution in [0.4, 0.5) is 0 Å². The van der Waals surface area contributed by atoms with Gasteiger partial charge in [0.05, 0.1) is 18.8 Å². The second-order valence-corrected chi connectivity index (χ2v) is 5.56. The summed E-state index contributed by atoms with van der Waals surface area (Å²) in [6, 6.07) is 5.92. The zero-order valence-corrected chi connectivity index (χ0v) is 12.7. The quantitative estimate of drug-likeness (QED) is 0.822. The van der Waals surface area contributed by atoms with Crippen molar-refractivity contribution in [1.82, 2.24) is 4.90 Å². The lowest BCUT2D eigenvalue weighted by atomic mass is 9.95. The van der Waals surface area contributed by atoms with Crippen LogP contribution in [0, 0.1) is 17.8 Å². The summed E-state index contributed by atoms with van der Waals surface area (Å²) in [5, 5.41) is 18.8. The summed E-state index contributed by atoms with van der Waals surface area (Å²) < 4.78 is 5.28. The van der Waals surface area contributed by atoms with Crippen LogP contribution >= 0.6 is 0 Å². The van der Waals surface area contributed by atoms with Gasteiger partial charge >= 0.3 is 0 Å². The number of hydrogen-bond donors (Lipinski definition) is 2. The molecule has 1 saturated heterocycles. The van der Waals surface area contributed by atoms with Gasteiger partial charge in [-0.3, -0.25) is 4.90 Å². The number of benzene rings is 1. The van der Waals surface area contributed by atoms with E-state index >= 15 is 0 Å². The van der Waals surface area contributed by atoms with Crippen molar-refractivity contribution in [3.05, 3.63) is 29.3 Å². The summed E-state index contributed by atoms with van der Waals surface area (Å²) in [7, 11) is 1.61. The third-order valence-corrected chi connectivity index (χ3v) is 3.97. The first-order chi connectivity index (χ1) is 10.1. The summed E-state index contributed by atoms with van der Waals surface area (Å²) in [5.41, 5.74) is 1.93. The molecule has 0 bridgehead atoms. The largest absolute Gasteiger partial charge is 0.495 e. The van der Waals surface area contributed by atoms with Crippen molar-refractivity contribution in [2.45, 2.75) is 26.0 Å². The normalized spacial score (nSPS) is 22.5. The van der Waals surface area contributed by atoms with Gasteiger partial charge in [-0.25, -0.2) is 0 Å². The first-order valence-electron chi connectivity index (χ1n) is 7.31. The molecule has 0 amide bonds. The molecule has 2 unspecified atom stereocenters. The van der Waals surface area contributed by atoms with Gasteiger partial charge in [-0.05, 0) is 36.6 Å². The molecule has 1 aliphatic heterocycles. The molecule has 1 fully saturated rings. The summed E-state index contributed by atoms with van der Waals surface area (Å²) in [4.78, 5) is 2.26. The predicted molar refractivity (Wildman–Crippen MR) is 82.0 cm³/mol. The minimum Gasteiger partial charge on any atom is -0.495 e. The molecule has 0 radical (unpaired) electrons. The van der Waals surface area contributed by atoms with E-state index in [1.165, 1.54) is 0 Å². The second kappa shape index (κ2) is 7.46. The van der Waals surface area contributed by atoms with E-state index < -0.39 is 0 Å². The molecule has 4 nitrogen and oxygen atoms in total. The van der Waals surface area contributed by atoms with Gasteiger partial charge in [0.25, 0.3) is 0 Å². The topological polar surface area (TPSA) is 52.9 Å². The zero-order valence-electron chi connectivity index (χ0n) is 12.7. The van der Waals surface area contributed by atoms with E-state index in [1.807, 2.05) is 18.2 Å². The Morgan fingerprint density at radius 3 is 2.90 bits per heavy atom. The van der Waals surface area contributed by atoms with Crippen LogP contribution in [0.3, 0.4) is 0 Å². The van der Waals surface area contributed by atoms with E-state index in [0.717, 1.165) is 30.6 Å². The number of methoxy groups -OCH3 is 1. The van der Waals surface area contributed by atoms with Gasteiger partial charge in [0, 0.05) is 13.1 Å². The van der Waals surface area contributed by atoms with Gasteiger partial charge in [0.2, 0.25) is 0 Å². The average Bonchev–Trinajstić information content (AvgIpc) is 2.49. The Kier molecular flexibility index (Phi) is 5.63. The minimum atomic E-state index is -0.245. The molecule has 1 aromatic rings. The molecule has 1 heterocycles. The average molecular weight is 289 g/mol. The van der Waals surface area contributed by atoms with Crippen molar-refractivity contribution in [3.8, 4) is 17.6 Å². The van der Waals surface area contributed by atoms with Gasteiger partial charge in [-0.2, -0.15) is 0 Å². The summed E-state index contributed by atoms with van der Waals surface area (Å²) in [6.45, 7) is 4.44. The highest BCUT2D eigenvalue weighted by Gasteiger charge is 2.24. The standard InChI is InChI=1S/C17H23NO3/c1-13-7-8-18(12-16(13)20)11-14-5-6-17(21-2)15(10-14)4-3-9-19/h5-6,10,13,16,19-20H,7-9,11-12H2,1-2H3. The third kappa shape index (κ3) is 4.21. The van der Waals surface area contributed by atoms with Crippen LogP contribution in [0.15, 0.2) is 18.2 Å². The van der Waals surface area contributed by atoms with Gasteiger partial charge in [-0.15, -0.1) is 0 Å². The molecule has 4 heteroatoms. The van der Waals surface area contributed by atoms with E-state index in [-0.39, 0.29) is 12.7 Å². The SMILES string of the molecule is COc1ccc(CN2CCC(C)C(O)C2)cc1C#CCO. The molecule has 114 valence electrons. The number of piperidine rings is 1. The lowest BCUT2D eigenvalue weighted by Gasteiger charge is -2.34. The van der Waals surface area contributed by atoms with Crippen molar-refractivity contribution < 1.29 is 14.9 Å². The van der Waals surface area contributed by atoms with E-state index in [1.54, 1.807) is 7.11 Å². The van der Waals surface area contributed by atoms with Gasteiger partial charge < -0.3 is 14.9 Å². The summed E-state index contributed by atoms with van der Waals surface area (Å²) >= 11 is 0.